The van der Waals surface area contributed by atoms with Crippen molar-refractivity contribution in [2.75, 3.05) is 7.11 Å². The second kappa shape index (κ2) is 3.91. The first-order chi connectivity index (χ1) is 9.13. The standard InChI is InChI=1S/C14H9NO4/c1-19-14(18)8-6-10(16)12-11(13(8)17)7-4-2-3-5-9(7)15-12/h2-6,15H,1H3. The topological polar surface area (TPSA) is 76.2 Å². The number of methoxy groups -OCH3 is 1. The van der Waals surface area contributed by atoms with E-state index in [0.29, 0.717) is 10.9 Å². The van der Waals surface area contributed by atoms with E-state index in [0.717, 1.165) is 6.08 Å². The molecule has 1 aliphatic carbocycles. The number of ether oxygens (including phenoxy) is 1. The average molecular weight is 255 g/mol. The summed E-state index contributed by atoms with van der Waals surface area (Å²) >= 11 is 0. The van der Waals surface area contributed by atoms with E-state index in [1.165, 1.54) is 7.11 Å². The van der Waals surface area contributed by atoms with Gasteiger partial charge in [-0.3, -0.25) is 9.59 Å². The molecule has 0 bridgehead atoms. The van der Waals surface area contributed by atoms with E-state index in [1.54, 1.807) is 24.3 Å². The number of nitrogens with one attached hydrogen (secondary N) is 1. The van der Waals surface area contributed by atoms with Gasteiger partial charge in [0.1, 0.15) is 5.57 Å². The Morgan fingerprint density at radius 3 is 2.68 bits per heavy atom. The molecule has 1 heterocycles. The number of carbonyl (C=O) groups excluding carboxylic acids is 3. The molecule has 0 saturated carbocycles. The number of fused-ring (bicyclic) bond motifs is 3. The van der Waals surface area contributed by atoms with Gasteiger partial charge < -0.3 is 9.72 Å². The van der Waals surface area contributed by atoms with Crippen molar-refractivity contribution in [3.05, 3.63) is 47.2 Å². The van der Waals surface area contributed by atoms with Crippen LogP contribution in [0.25, 0.3) is 10.9 Å². The molecule has 0 unspecified atom stereocenters. The fraction of sp³-hybridized carbons (Fsp3) is 0.0714. The largest absolute Gasteiger partial charge is 0.465 e. The van der Waals surface area contributed by atoms with Gasteiger partial charge in [-0.2, -0.15) is 0 Å². The summed E-state index contributed by atoms with van der Waals surface area (Å²) in [5.74, 6) is -1.68. The molecular weight excluding hydrogens is 246 g/mol. The van der Waals surface area contributed by atoms with Crippen LogP contribution in [0.3, 0.4) is 0 Å². The van der Waals surface area contributed by atoms with Crippen LogP contribution in [0.15, 0.2) is 35.9 Å². The molecule has 1 aromatic carbocycles. The summed E-state index contributed by atoms with van der Waals surface area (Å²) in [5, 5.41) is 0.630. The van der Waals surface area contributed by atoms with E-state index in [2.05, 4.69) is 9.72 Å². The van der Waals surface area contributed by atoms with Gasteiger partial charge in [0, 0.05) is 17.0 Å². The van der Waals surface area contributed by atoms with Crippen molar-refractivity contribution in [1.82, 2.24) is 4.98 Å². The molecular formula is C14H9NO4. The lowest BCUT2D eigenvalue weighted by Gasteiger charge is -2.10. The molecule has 0 aliphatic heterocycles. The molecule has 0 amide bonds. The highest BCUT2D eigenvalue weighted by Crippen LogP contribution is 2.29. The number of H-pyrrole nitrogens is 1. The minimum absolute atomic E-state index is 0.221. The number of rotatable bonds is 1. The number of Topliss-reactive ketones (excluding diaryl/α,β-unsaturated/α-hetero) is 1. The van der Waals surface area contributed by atoms with Crippen LogP contribution in [0.4, 0.5) is 0 Å². The molecule has 2 aromatic rings. The third-order valence-corrected chi connectivity index (χ3v) is 3.10. The number of benzene rings is 1. The van der Waals surface area contributed by atoms with E-state index in [1.807, 2.05) is 0 Å². The molecule has 0 saturated heterocycles. The Kier molecular flexibility index (Phi) is 2.35. The molecule has 94 valence electrons. The molecule has 0 atom stereocenters. The molecule has 1 aromatic heterocycles. The number of hydrogen-bond acceptors (Lipinski definition) is 4. The van der Waals surface area contributed by atoms with Gasteiger partial charge in [-0.1, -0.05) is 18.2 Å². The normalized spacial score (nSPS) is 14.3. The average Bonchev–Trinajstić information content (AvgIpc) is 2.82. The van der Waals surface area contributed by atoms with Crippen molar-refractivity contribution in [1.29, 1.82) is 0 Å². The summed E-state index contributed by atoms with van der Waals surface area (Å²) in [6, 6.07) is 7.07. The van der Waals surface area contributed by atoms with E-state index in [9.17, 15) is 14.4 Å². The highest BCUT2D eigenvalue weighted by molar-refractivity contribution is 6.36. The zero-order chi connectivity index (χ0) is 13.6. The monoisotopic (exact) mass is 255 g/mol. The number of ketones is 2. The van der Waals surface area contributed by atoms with Crippen LogP contribution in [0.5, 0.6) is 0 Å². The van der Waals surface area contributed by atoms with Gasteiger partial charge in [0.05, 0.1) is 18.4 Å². The predicted molar refractivity (Wildman–Crippen MR) is 67.1 cm³/mol. The van der Waals surface area contributed by atoms with Gasteiger partial charge in [0.15, 0.2) is 0 Å². The molecule has 1 aliphatic rings. The zero-order valence-electron chi connectivity index (χ0n) is 10.0. The third-order valence-electron chi connectivity index (χ3n) is 3.10. The maximum absolute atomic E-state index is 12.3. The number of carbonyl (C=O) groups is 3. The van der Waals surface area contributed by atoms with Crippen LogP contribution in [0.1, 0.15) is 20.8 Å². The highest BCUT2D eigenvalue weighted by Gasteiger charge is 2.33. The molecule has 0 radical (unpaired) electrons. The second-order valence-corrected chi connectivity index (χ2v) is 4.16. The first-order valence-corrected chi connectivity index (χ1v) is 5.63. The maximum atomic E-state index is 12.3. The Bertz CT molecular complexity index is 767. The van der Waals surface area contributed by atoms with Crippen LogP contribution in [-0.2, 0) is 9.53 Å². The first kappa shape index (κ1) is 11.4. The molecule has 3 rings (SSSR count). The summed E-state index contributed by atoms with van der Waals surface area (Å²) < 4.78 is 4.52. The highest BCUT2D eigenvalue weighted by atomic mass is 16.5. The third kappa shape index (κ3) is 1.52. The van der Waals surface area contributed by atoms with E-state index < -0.39 is 17.5 Å². The van der Waals surface area contributed by atoms with Gasteiger partial charge in [0.2, 0.25) is 11.6 Å². The van der Waals surface area contributed by atoms with E-state index in [4.69, 9.17) is 0 Å². The van der Waals surface area contributed by atoms with Crippen molar-refractivity contribution in [2.45, 2.75) is 0 Å². The minimum Gasteiger partial charge on any atom is -0.465 e. The van der Waals surface area contributed by atoms with Crippen LogP contribution in [-0.4, -0.2) is 29.6 Å². The van der Waals surface area contributed by atoms with E-state index >= 15 is 0 Å². The first-order valence-electron chi connectivity index (χ1n) is 5.63. The van der Waals surface area contributed by atoms with Gasteiger partial charge in [-0.05, 0) is 6.07 Å². The smallest absolute Gasteiger partial charge is 0.342 e. The Labute approximate surface area is 107 Å². The second-order valence-electron chi connectivity index (χ2n) is 4.16. The van der Waals surface area contributed by atoms with Crippen molar-refractivity contribution in [2.24, 2.45) is 0 Å². The SMILES string of the molecule is COC(=O)C1=CC(=O)c2[nH]c3ccccc3c2C1=O. The molecule has 0 fully saturated rings. The Hall–Kier alpha value is -2.69. The van der Waals surface area contributed by atoms with Crippen LogP contribution >= 0.6 is 0 Å². The quantitative estimate of drug-likeness (QED) is 0.621. The lowest BCUT2D eigenvalue weighted by atomic mass is 9.92. The Morgan fingerprint density at radius 2 is 1.95 bits per heavy atom. The molecule has 0 spiro atoms. The summed E-state index contributed by atoms with van der Waals surface area (Å²) in [6.07, 6.45) is 1.02. The number of para-hydroxylation sites is 1. The van der Waals surface area contributed by atoms with Crippen molar-refractivity contribution < 1.29 is 19.1 Å². The van der Waals surface area contributed by atoms with Crippen LogP contribution in [0, 0.1) is 0 Å². The number of aromatic nitrogens is 1. The number of aromatic amines is 1. The summed E-state index contributed by atoms with van der Waals surface area (Å²) in [5.41, 5.74) is 0.917. The van der Waals surface area contributed by atoms with Crippen molar-refractivity contribution >= 4 is 28.4 Å². The van der Waals surface area contributed by atoms with Gasteiger partial charge in [0.25, 0.3) is 0 Å². The lowest BCUT2D eigenvalue weighted by molar-refractivity contribution is -0.135. The van der Waals surface area contributed by atoms with Gasteiger partial charge in [-0.25, -0.2) is 4.79 Å². The maximum Gasteiger partial charge on any atom is 0.342 e. The lowest BCUT2D eigenvalue weighted by Crippen LogP contribution is -2.22. The predicted octanol–water partition coefficient (Wildman–Crippen LogP) is 1.65. The van der Waals surface area contributed by atoms with Crippen molar-refractivity contribution in [3.63, 3.8) is 0 Å². The molecule has 5 nitrogen and oxygen atoms in total. The summed E-state index contributed by atoms with van der Waals surface area (Å²) in [4.78, 5) is 38.7. The Balaban J connectivity index is 2.28. The van der Waals surface area contributed by atoms with Gasteiger partial charge in [-0.15, -0.1) is 0 Å². The fourth-order valence-corrected chi connectivity index (χ4v) is 2.23. The zero-order valence-corrected chi connectivity index (χ0v) is 10.0. The fourth-order valence-electron chi connectivity index (χ4n) is 2.23. The molecule has 5 heteroatoms. The van der Waals surface area contributed by atoms with Crippen LogP contribution < -0.4 is 0 Å². The molecule has 19 heavy (non-hydrogen) atoms. The number of allylic oxidation sites excluding steroid dienone is 1. The van der Waals surface area contributed by atoms with Crippen molar-refractivity contribution in [3.8, 4) is 0 Å². The Morgan fingerprint density at radius 1 is 1.21 bits per heavy atom. The number of esters is 1. The van der Waals surface area contributed by atoms with Gasteiger partial charge >= 0.3 is 5.97 Å². The number of hydrogen-bond donors (Lipinski definition) is 1. The summed E-state index contributed by atoms with van der Waals surface area (Å²) in [6.45, 7) is 0. The summed E-state index contributed by atoms with van der Waals surface area (Å²) in [7, 11) is 1.17. The van der Waals surface area contributed by atoms with E-state index in [-0.39, 0.29) is 16.8 Å². The van der Waals surface area contributed by atoms with Crippen LogP contribution in [0.2, 0.25) is 0 Å². The minimum atomic E-state index is -0.797. The molecule has 1 N–H and O–H groups in total.